The average molecular weight is 381 g/mol. The lowest BCUT2D eigenvalue weighted by molar-refractivity contribution is 1.64. The number of hydrogen-bond donors (Lipinski definition) is 0. The van der Waals surface area contributed by atoms with Gasteiger partial charge in [-0.15, -0.1) is 45.3 Å². The highest BCUT2D eigenvalue weighted by molar-refractivity contribution is 7.28. The molecule has 0 aliphatic rings. The van der Waals surface area contributed by atoms with Gasteiger partial charge in [0.25, 0.3) is 0 Å². The quantitative estimate of drug-likeness (QED) is 0.305. The highest BCUT2D eigenvalue weighted by Crippen LogP contribution is 2.32. The first-order valence-corrected chi connectivity index (χ1v) is 10.6. The Kier molecular flexibility index (Phi) is 4.31. The predicted octanol–water partition coefficient (Wildman–Crippen LogP) is 6.50. The van der Waals surface area contributed by atoms with Crippen molar-refractivity contribution in [3.05, 3.63) is 65.7 Å². The minimum Gasteiger partial charge on any atom is -0.132 e. The summed E-state index contributed by atoms with van der Waals surface area (Å²) in [5.74, 6) is 13.1. The summed E-state index contributed by atoms with van der Waals surface area (Å²) in [5.41, 5.74) is 0. The van der Waals surface area contributed by atoms with Crippen LogP contribution in [-0.4, -0.2) is 0 Å². The van der Waals surface area contributed by atoms with Gasteiger partial charge in [-0.05, 0) is 73.9 Å². The Balaban J connectivity index is 1.57. The first-order valence-electron chi connectivity index (χ1n) is 7.36. The molecule has 24 heavy (non-hydrogen) atoms. The van der Waals surface area contributed by atoms with Gasteiger partial charge < -0.3 is 0 Å². The first-order chi connectivity index (χ1) is 11.7. The predicted molar refractivity (Wildman–Crippen MR) is 110 cm³/mol. The van der Waals surface area contributed by atoms with Gasteiger partial charge in [-0.1, -0.05) is 0 Å². The van der Waals surface area contributed by atoms with E-state index < -0.39 is 0 Å². The maximum atomic E-state index is 3.28. The molecule has 0 fully saturated rings. The normalized spacial score (nSPS) is 10.2. The van der Waals surface area contributed by atoms with Crippen molar-refractivity contribution in [2.75, 3.05) is 0 Å². The molecule has 0 bridgehead atoms. The van der Waals surface area contributed by atoms with E-state index in [4.69, 9.17) is 0 Å². The summed E-state index contributed by atoms with van der Waals surface area (Å²) in [4.78, 5) is 7.10. The Morgan fingerprint density at radius 3 is 1.33 bits per heavy atom. The van der Waals surface area contributed by atoms with Crippen molar-refractivity contribution in [2.24, 2.45) is 0 Å². The molecule has 0 aliphatic carbocycles. The molecule has 0 saturated carbocycles. The smallest absolute Gasteiger partial charge is 0.0793 e. The molecule has 0 radical (unpaired) electrons. The van der Waals surface area contributed by atoms with Crippen LogP contribution < -0.4 is 0 Å². The Bertz CT molecular complexity index is 1020. The van der Waals surface area contributed by atoms with Crippen molar-refractivity contribution in [2.45, 2.75) is 13.8 Å². The van der Waals surface area contributed by atoms with Gasteiger partial charge in [0, 0.05) is 19.2 Å². The van der Waals surface area contributed by atoms with Crippen LogP contribution in [0.4, 0.5) is 0 Å². The average Bonchev–Trinajstić information content (AvgIpc) is 3.28. The van der Waals surface area contributed by atoms with Gasteiger partial charge in [0.15, 0.2) is 0 Å². The van der Waals surface area contributed by atoms with Gasteiger partial charge in [0.05, 0.1) is 19.5 Å². The summed E-state index contributed by atoms with van der Waals surface area (Å²) in [7, 11) is 0. The SMILES string of the molecule is Cc1ccc(C#Cc2cc3sc(C#Cc4ccc(C)s4)cc3s2)s1. The van der Waals surface area contributed by atoms with E-state index in [0.29, 0.717) is 0 Å². The second-order valence-corrected chi connectivity index (χ2v) is 10.0. The molecule has 0 unspecified atom stereocenters. The molecule has 4 heterocycles. The summed E-state index contributed by atoms with van der Waals surface area (Å²) in [5, 5.41) is 0. The molecule has 4 aromatic heterocycles. The van der Waals surface area contributed by atoms with Gasteiger partial charge in [0.1, 0.15) is 0 Å². The molecule has 0 amide bonds. The minimum atomic E-state index is 1.12. The topological polar surface area (TPSA) is 0 Å². The molecular formula is C20H12S4. The second-order valence-electron chi connectivity index (χ2n) is 5.27. The van der Waals surface area contributed by atoms with Crippen molar-refractivity contribution in [3.8, 4) is 23.7 Å². The van der Waals surface area contributed by atoms with Crippen LogP contribution in [0.1, 0.15) is 29.3 Å². The highest BCUT2D eigenvalue weighted by Gasteiger charge is 2.04. The number of fused-ring (bicyclic) bond motifs is 1. The summed E-state index contributed by atoms with van der Waals surface area (Å²) < 4.78 is 2.55. The molecule has 4 heteroatoms. The van der Waals surface area contributed by atoms with Crippen LogP contribution in [0.3, 0.4) is 0 Å². The molecule has 0 nitrogen and oxygen atoms in total. The lowest BCUT2D eigenvalue weighted by Crippen LogP contribution is -1.64. The standard InChI is InChI=1S/C20H12S4/c1-13-3-5-15(21-13)7-9-17-11-19-20(23-17)12-18(24-19)10-8-16-6-4-14(2)22-16/h3-6,11-12H,1-2H3. The van der Waals surface area contributed by atoms with Gasteiger partial charge in [0.2, 0.25) is 0 Å². The molecule has 0 saturated heterocycles. The van der Waals surface area contributed by atoms with Gasteiger partial charge >= 0.3 is 0 Å². The van der Waals surface area contributed by atoms with Crippen LogP contribution >= 0.6 is 45.3 Å². The largest absolute Gasteiger partial charge is 0.132 e. The zero-order valence-electron chi connectivity index (χ0n) is 13.1. The van der Waals surface area contributed by atoms with Gasteiger partial charge in [-0.2, -0.15) is 0 Å². The van der Waals surface area contributed by atoms with Gasteiger partial charge in [-0.3, -0.25) is 0 Å². The van der Waals surface area contributed by atoms with E-state index in [0.717, 1.165) is 19.5 Å². The first kappa shape index (κ1) is 15.7. The molecular weight excluding hydrogens is 368 g/mol. The third-order valence-electron chi connectivity index (χ3n) is 3.31. The molecule has 116 valence electrons. The maximum absolute atomic E-state index is 3.28. The zero-order valence-corrected chi connectivity index (χ0v) is 16.4. The molecule has 0 N–H and O–H groups in total. The third-order valence-corrected chi connectivity index (χ3v) is 7.26. The Labute approximate surface area is 157 Å². The number of hydrogen-bond acceptors (Lipinski definition) is 4. The van der Waals surface area contributed by atoms with Crippen molar-refractivity contribution in [1.82, 2.24) is 0 Å². The number of aryl methyl sites for hydroxylation is 2. The van der Waals surface area contributed by atoms with E-state index >= 15 is 0 Å². The second kappa shape index (κ2) is 6.59. The van der Waals surface area contributed by atoms with Crippen LogP contribution in [0.15, 0.2) is 36.4 Å². The van der Waals surface area contributed by atoms with Crippen LogP contribution in [-0.2, 0) is 0 Å². The molecule has 4 aromatic rings. The lowest BCUT2D eigenvalue weighted by atomic mass is 10.4. The van der Waals surface area contributed by atoms with Crippen LogP contribution in [0.2, 0.25) is 0 Å². The summed E-state index contributed by atoms with van der Waals surface area (Å²) in [6, 6.07) is 12.8. The van der Waals surface area contributed by atoms with Crippen LogP contribution in [0.25, 0.3) is 9.40 Å². The molecule has 4 rings (SSSR count). The van der Waals surface area contributed by atoms with Crippen molar-refractivity contribution >= 4 is 54.7 Å². The molecule has 0 aliphatic heterocycles. The summed E-state index contributed by atoms with van der Waals surface area (Å²) >= 11 is 6.97. The summed E-state index contributed by atoms with van der Waals surface area (Å²) in [6.45, 7) is 4.22. The van der Waals surface area contributed by atoms with E-state index in [9.17, 15) is 0 Å². The van der Waals surface area contributed by atoms with Crippen LogP contribution in [0, 0.1) is 37.5 Å². The van der Waals surface area contributed by atoms with E-state index in [2.05, 4.69) is 73.9 Å². The molecule has 0 aromatic carbocycles. The maximum Gasteiger partial charge on any atom is 0.0793 e. The van der Waals surface area contributed by atoms with E-state index in [1.807, 2.05) is 0 Å². The monoisotopic (exact) mass is 380 g/mol. The van der Waals surface area contributed by atoms with Crippen LogP contribution in [0.5, 0.6) is 0 Å². The lowest BCUT2D eigenvalue weighted by Gasteiger charge is -1.80. The van der Waals surface area contributed by atoms with Gasteiger partial charge in [-0.25, -0.2) is 0 Å². The van der Waals surface area contributed by atoms with E-state index in [1.54, 1.807) is 45.3 Å². The van der Waals surface area contributed by atoms with Crippen molar-refractivity contribution < 1.29 is 0 Å². The fraction of sp³-hybridized carbons (Fsp3) is 0.100. The summed E-state index contributed by atoms with van der Waals surface area (Å²) in [6.07, 6.45) is 0. The third kappa shape index (κ3) is 3.48. The van der Waals surface area contributed by atoms with E-state index in [-0.39, 0.29) is 0 Å². The number of thiophene rings is 4. The fourth-order valence-electron chi connectivity index (χ4n) is 2.21. The minimum absolute atomic E-state index is 1.12. The Morgan fingerprint density at radius 2 is 0.958 bits per heavy atom. The Hall–Kier alpha value is -1.82. The molecule has 0 atom stereocenters. The molecule has 0 spiro atoms. The zero-order chi connectivity index (χ0) is 16.5. The highest BCUT2D eigenvalue weighted by atomic mass is 32.1. The fourth-order valence-corrected chi connectivity index (χ4v) is 5.75. The Morgan fingerprint density at radius 1 is 0.542 bits per heavy atom. The number of rotatable bonds is 0. The van der Waals surface area contributed by atoms with Crippen molar-refractivity contribution in [1.29, 1.82) is 0 Å². The van der Waals surface area contributed by atoms with E-state index in [1.165, 1.54) is 19.2 Å². The van der Waals surface area contributed by atoms with Crippen molar-refractivity contribution in [3.63, 3.8) is 0 Å².